The van der Waals surface area contributed by atoms with Crippen molar-refractivity contribution in [1.82, 2.24) is 0 Å². The summed E-state index contributed by atoms with van der Waals surface area (Å²) >= 11 is 5.95. The fourth-order valence-corrected chi connectivity index (χ4v) is 1.91. The van der Waals surface area contributed by atoms with Gasteiger partial charge < -0.3 is 19.5 Å². The minimum Gasteiger partial charge on any atom is -0.465 e. The molecule has 1 N–H and O–H groups in total. The Kier molecular flexibility index (Phi) is 6.08. The summed E-state index contributed by atoms with van der Waals surface area (Å²) in [5.74, 6) is -0.476. The topological polar surface area (TPSA) is 56.8 Å². The molecule has 1 aromatic carbocycles. The molecule has 19 heavy (non-hydrogen) atoms. The van der Waals surface area contributed by atoms with Crippen LogP contribution in [0.1, 0.15) is 17.3 Å². The molecule has 0 radical (unpaired) electrons. The molecular formula is C13H18ClNO4. The van der Waals surface area contributed by atoms with Crippen LogP contribution in [0.3, 0.4) is 0 Å². The Bertz CT molecular complexity index is 435. The minimum absolute atomic E-state index is 0.0957. The second-order valence-electron chi connectivity index (χ2n) is 3.96. The maximum absolute atomic E-state index is 11.5. The number of anilines is 1. The highest BCUT2D eigenvalue weighted by Crippen LogP contribution is 2.22. The molecule has 0 spiro atoms. The summed E-state index contributed by atoms with van der Waals surface area (Å²) < 4.78 is 15.0. The van der Waals surface area contributed by atoms with Gasteiger partial charge in [-0.15, -0.1) is 0 Å². The summed E-state index contributed by atoms with van der Waals surface area (Å²) in [6.07, 6.45) is -0.391. The molecule has 0 saturated heterocycles. The van der Waals surface area contributed by atoms with Crippen LogP contribution < -0.4 is 5.32 Å². The van der Waals surface area contributed by atoms with Gasteiger partial charge in [-0.25, -0.2) is 4.79 Å². The van der Waals surface area contributed by atoms with Crippen LogP contribution in [0.15, 0.2) is 18.2 Å². The van der Waals surface area contributed by atoms with Gasteiger partial charge in [0.05, 0.1) is 23.7 Å². The lowest BCUT2D eigenvalue weighted by atomic mass is 10.2. The highest BCUT2D eigenvalue weighted by atomic mass is 35.5. The summed E-state index contributed by atoms with van der Waals surface area (Å²) in [7, 11) is 4.44. The van der Waals surface area contributed by atoms with Crippen LogP contribution in [0.4, 0.5) is 5.69 Å². The first-order valence-corrected chi connectivity index (χ1v) is 6.11. The molecule has 0 saturated carbocycles. The van der Waals surface area contributed by atoms with E-state index in [1.165, 1.54) is 7.11 Å². The maximum atomic E-state index is 11.5. The molecule has 106 valence electrons. The first kappa shape index (κ1) is 15.8. The van der Waals surface area contributed by atoms with E-state index in [1.54, 1.807) is 32.4 Å². The van der Waals surface area contributed by atoms with E-state index in [9.17, 15) is 4.79 Å². The van der Waals surface area contributed by atoms with Gasteiger partial charge >= 0.3 is 5.97 Å². The highest BCUT2D eigenvalue weighted by molar-refractivity contribution is 6.33. The molecule has 0 aromatic heterocycles. The number of carbonyl (C=O) groups excluding carboxylic acids is 1. The number of methoxy groups -OCH3 is 3. The van der Waals surface area contributed by atoms with Crippen molar-refractivity contribution < 1.29 is 19.0 Å². The van der Waals surface area contributed by atoms with Gasteiger partial charge in [0.1, 0.15) is 0 Å². The van der Waals surface area contributed by atoms with Gasteiger partial charge in [-0.05, 0) is 25.1 Å². The van der Waals surface area contributed by atoms with Crippen LogP contribution in [-0.2, 0) is 14.2 Å². The average molecular weight is 288 g/mol. The van der Waals surface area contributed by atoms with E-state index in [1.807, 2.05) is 6.92 Å². The number of halogens is 1. The van der Waals surface area contributed by atoms with Crippen molar-refractivity contribution >= 4 is 23.3 Å². The molecule has 0 aliphatic heterocycles. The number of hydrogen-bond donors (Lipinski definition) is 1. The zero-order valence-corrected chi connectivity index (χ0v) is 12.2. The van der Waals surface area contributed by atoms with Gasteiger partial charge in [-0.1, -0.05) is 11.6 Å². The van der Waals surface area contributed by atoms with Crippen molar-refractivity contribution in [3.63, 3.8) is 0 Å². The molecule has 1 rings (SSSR count). The quantitative estimate of drug-likeness (QED) is 0.644. The van der Waals surface area contributed by atoms with Crippen LogP contribution in [0, 0.1) is 0 Å². The molecule has 0 aliphatic carbocycles. The number of rotatable bonds is 6. The Hall–Kier alpha value is -1.30. The van der Waals surface area contributed by atoms with E-state index in [2.05, 4.69) is 10.1 Å². The fourth-order valence-electron chi connectivity index (χ4n) is 1.72. The Morgan fingerprint density at radius 3 is 2.42 bits per heavy atom. The van der Waals surface area contributed by atoms with Crippen LogP contribution in [-0.4, -0.2) is 39.6 Å². The Labute approximate surface area is 117 Å². The Morgan fingerprint density at radius 2 is 1.89 bits per heavy atom. The summed E-state index contributed by atoms with van der Waals surface area (Å²) in [6, 6.07) is 4.94. The van der Waals surface area contributed by atoms with Gasteiger partial charge in [-0.2, -0.15) is 0 Å². The van der Waals surface area contributed by atoms with Crippen molar-refractivity contribution in [2.75, 3.05) is 26.6 Å². The number of esters is 1. The third kappa shape index (κ3) is 4.09. The Balaban J connectivity index is 2.88. The van der Waals surface area contributed by atoms with Crippen molar-refractivity contribution in [1.29, 1.82) is 0 Å². The smallest absolute Gasteiger partial charge is 0.339 e. The first-order chi connectivity index (χ1) is 9.03. The van der Waals surface area contributed by atoms with Gasteiger partial charge in [0.2, 0.25) is 0 Å². The van der Waals surface area contributed by atoms with Crippen LogP contribution in [0.5, 0.6) is 0 Å². The summed E-state index contributed by atoms with van der Waals surface area (Å²) in [5, 5.41) is 3.52. The monoisotopic (exact) mass is 287 g/mol. The first-order valence-electron chi connectivity index (χ1n) is 5.73. The van der Waals surface area contributed by atoms with Crippen LogP contribution in [0.2, 0.25) is 5.02 Å². The zero-order valence-electron chi connectivity index (χ0n) is 11.4. The van der Waals surface area contributed by atoms with Crippen molar-refractivity contribution in [2.45, 2.75) is 19.3 Å². The van der Waals surface area contributed by atoms with Crippen molar-refractivity contribution in [3.05, 3.63) is 28.8 Å². The SMILES string of the molecule is COC(=O)c1cc(NC(C)C(OC)OC)ccc1Cl. The second-order valence-corrected chi connectivity index (χ2v) is 4.37. The van der Waals surface area contributed by atoms with Crippen molar-refractivity contribution in [2.24, 2.45) is 0 Å². The predicted molar refractivity (Wildman–Crippen MR) is 73.7 cm³/mol. The van der Waals surface area contributed by atoms with E-state index in [0.717, 1.165) is 5.69 Å². The molecular weight excluding hydrogens is 270 g/mol. The zero-order chi connectivity index (χ0) is 14.4. The predicted octanol–water partition coefficient (Wildman–Crippen LogP) is 2.55. The molecule has 0 fully saturated rings. The third-order valence-electron chi connectivity index (χ3n) is 2.64. The number of carbonyl (C=O) groups is 1. The van der Waals surface area contributed by atoms with Gasteiger partial charge in [0, 0.05) is 19.9 Å². The number of ether oxygens (including phenoxy) is 3. The summed E-state index contributed by atoms with van der Waals surface area (Å²) in [6.45, 7) is 1.91. The lowest BCUT2D eigenvalue weighted by Gasteiger charge is -2.23. The largest absolute Gasteiger partial charge is 0.465 e. The Morgan fingerprint density at radius 1 is 1.26 bits per heavy atom. The van der Waals surface area contributed by atoms with E-state index < -0.39 is 12.3 Å². The molecule has 1 atom stereocenters. The molecule has 5 nitrogen and oxygen atoms in total. The van der Waals surface area contributed by atoms with Crippen molar-refractivity contribution in [3.8, 4) is 0 Å². The third-order valence-corrected chi connectivity index (χ3v) is 2.97. The standard InChI is InChI=1S/C13H18ClNO4/c1-8(13(18-3)19-4)15-9-5-6-11(14)10(7-9)12(16)17-2/h5-8,13,15H,1-4H3. The lowest BCUT2D eigenvalue weighted by Crippen LogP contribution is -2.33. The van der Waals surface area contributed by atoms with Gasteiger partial charge in [0.25, 0.3) is 0 Å². The fraction of sp³-hybridized carbons (Fsp3) is 0.462. The number of hydrogen-bond acceptors (Lipinski definition) is 5. The van der Waals surface area contributed by atoms with Crippen LogP contribution in [0.25, 0.3) is 0 Å². The molecule has 0 heterocycles. The molecule has 1 aromatic rings. The average Bonchev–Trinajstić information content (AvgIpc) is 2.41. The summed E-state index contributed by atoms with van der Waals surface area (Å²) in [4.78, 5) is 11.5. The molecule has 0 aliphatic rings. The minimum atomic E-state index is -0.476. The van der Waals surface area contributed by atoms with E-state index in [0.29, 0.717) is 10.6 Å². The highest BCUT2D eigenvalue weighted by Gasteiger charge is 2.17. The van der Waals surface area contributed by atoms with Crippen LogP contribution >= 0.6 is 11.6 Å². The lowest BCUT2D eigenvalue weighted by molar-refractivity contribution is -0.109. The van der Waals surface area contributed by atoms with E-state index in [-0.39, 0.29) is 6.04 Å². The van der Waals surface area contributed by atoms with E-state index in [4.69, 9.17) is 21.1 Å². The normalized spacial score (nSPS) is 12.3. The maximum Gasteiger partial charge on any atom is 0.339 e. The molecule has 0 amide bonds. The summed E-state index contributed by atoms with van der Waals surface area (Å²) in [5.41, 5.74) is 1.05. The van der Waals surface area contributed by atoms with Gasteiger partial charge in [0.15, 0.2) is 6.29 Å². The number of benzene rings is 1. The molecule has 6 heteroatoms. The molecule has 1 unspecified atom stereocenters. The van der Waals surface area contributed by atoms with E-state index >= 15 is 0 Å². The van der Waals surface area contributed by atoms with Gasteiger partial charge in [-0.3, -0.25) is 0 Å². The number of nitrogens with one attached hydrogen (secondary N) is 1. The molecule has 0 bridgehead atoms. The second kappa shape index (κ2) is 7.33.